The summed E-state index contributed by atoms with van der Waals surface area (Å²) in [4.78, 5) is 39.8. The van der Waals surface area contributed by atoms with Crippen molar-refractivity contribution < 1.29 is 38.1 Å². The number of aromatic nitrogens is 1. The maximum atomic E-state index is 12.5. The predicted molar refractivity (Wildman–Crippen MR) is 104 cm³/mol. The molecule has 9 nitrogen and oxygen atoms in total. The number of benzene rings is 1. The molecule has 30 heavy (non-hydrogen) atoms. The molecule has 1 aromatic heterocycles. The number of esters is 3. The van der Waals surface area contributed by atoms with Crippen molar-refractivity contribution >= 4 is 17.9 Å². The third-order valence-electron chi connectivity index (χ3n) is 4.42. The molecule has 2 heterocycles. The first-order valence-corrected chi connectivity index (χ1v) is 9.57. The Morgan fingerprint density at radius 3 is 2.40 bits per heavy atom. The number of carbonyl (C=O) groups is 3. The van der Waals surface area contributed by atoms with E-state index in [2.05, 4.69) is 4.98 Å². The highest BCUT2D eigenvalue weighted by Crippen LogP contribution is 2.31. The van der Waals surface area contributed by atoms with E-state index in [1.807, 2.05) is 0 Å². The van der Waals surface area contributed by atoms with Gasteiger partial charge in [-0.3, -0.25) is 0 Å². The van der Waals surface area contributed by atoms with E-state index in [1.165, 1.54) is 0 Å². The van der Waals surface area contributed by atoms with E-state index >= 15 is 0 Å². The van der Waals surface area contributed by atoms with Gasteiger partial charge < -0.3 is 28.7 Å². The summed E-state index contributed by atoms with van der Waals surface area (Å²) >= 11 is 0. The number of fused-ring (bicyclic) bond motifs is 1. The molecule has 1 aromatic carbocycles. The van der Waals surface area contributed by atoms with Gasteiger partial charge in [0.25, 0.3) is 0 Å². The molecule has 2 aromatic rings. The van der Waals surface area contributed by atoms with Gasteiger partial charge in [-0.25, -0.2) is 14.4 Å². The lowest BCUT2D eigenvalue weighted by molar-refractivity contribution is -0.156. The van der Waals surface area contributed by atoms with Gasteiger partial charge in [-0.2, -0.15) is 0 Å². The molecule has 160 valence electrons. The van der Waals surface area contributed by atoms with Crippen molar-refractivity contribution in [3.8, 4) is 11.5 Å². The van der Waals surface area contributed by atoms with Gasteiger partial charge in [-0.1, -0.05) is 12.1 Å². The number of ether oxygens (including phenoxy) is 5. The minimum atomic E-state index is -0.952. The highest BCUT2D eigenvalue weighted by atomic mass is 16.6. The van der Waals surface area contributed by atoms with Crippen molar-refractivity contribution in [3.63, 3.8) is 0 Å². The molecule has 0 saturated heterocycles. The van der Waals surface area contributed by atoms with Crippen LogP contribution in [0.4, 0.5) is 0 Å². The van der Waals surface area contributed by atoms with Crippen LogP contribution >= 0.6 is 0 Å². The molecule has 1 aliphatic heterocycles. The van der Waals surface area contributed by atoms with Crippen molar-refractivity contribution in [2.75, 3.05) is 19.8 Å². The van der Waals surface area contributed by atoms with Gasteiger partial charge in [0.05, 0.1) is 24.5 Å². The largest absolute Gasteiger partial charge is 0.485 e. The number of nitrogens with one attached hydrogen (secondary N) is 1. The fourth-order valence-electron chi connectivity index (χ4n) is 3.03. The van der Waals surface area contributed by atoms with Gasteiger partial charge >= 0.3 is 17.9 Å². The molecule has 0 spiro atoms. The second-order valence-corrected chi connectivity index (χ2v) is 6.39. The molecule has 0 unspecified atom stereocenters. The maximum Gasteiger partial charge on any atom is 0.355 e. The Hall–Kier alpha value is -3.49. The van der Waals surface area contributed by atoms with Crippen LogP contribution in [0.1, 0.15) is 46.0 Å². The van der Waals surface area contributed by atoms with E-state index in [1.54, 1.807) is 45.0 Å². The monoisotopic (exact) mass is 417 g/mol. The minimum Gasteiger partial charge on any atom is -0.485 e. The number of hydrogen-bond donors (Lipinski definition) is 1. The van der Waals surface area contributed by atoms with Gasteiger partial charge in [0, 0.05) is 0 Å². The Kier molecular flexibility index (Phi) is 6.61. The molecule has 0 saturated carbocycles. The minimum absolute atomic E-state index is 0.00158. The van der Waals surface area contributed by atoms with Crippen molar-refractivity contribution in [3.05, 3.63) is 46.8 Å². The summed E-state index contributed by atoms with van der Waals surface area (Å²) in [6.45, 7) is 4.99. The van der Waals surface area contributed by atoms with Crippen LogP contribution in [0.3, 0.4) is 0 Å². The van der Waals surface area contributed by atoms with Crippen LogP contribution in [0.2, 0.25) is 0 Å². The summed E-state index contributed by atoms with van der Waals surface area (Å²) in [5.74, 6) is -0.912. The fraction of sp³-hybridized carbons (Fsp3) is 0.381. The van der Waals surface area contributed by atoms with Gasteiger partial charge in [-0.15, -0.1) is 0 Å². The maximum absolute atomic E-state index is 12.5. The summed E-state index contributed by atoms with van der Waals surface area (Å²) < 4.78 is 26.5. The molecule has 9 heteroatoms. The average molecular weight is 417 g/mol. The fourth-order valence-corrected chi connectivity index (χ4v) is 3.03. The number of para-hydroxylation sites is 2. The van der Waals surface area contributed by atoms with E-state index in [0.29, 0.717) is 17.1 Å². The molecule has 0 aliphatic carbocycles. The molecule has 3 rings (SSSR count). The zero-order valence-electron chi connectivity index (χ0n) is 17.0. The molecule has 0 bridgehead atoms. The normalized spacial score (nSPS) is 14.7. The topological polar surface area (TPSA) is 113 Å². The summed E-state index contributed by atoms with van der Waals surface area (Å²) in [6.07, 6.45) is -0.952. The number of aromatic amines is 1. The SMILES string of the molecule is CCOC(=O)c1[nH]c(COC(=O)[C@H]2COc3ccccc3O2)c(C(=O)OCC)c1C. The Labute approximate surface area is 173 Å². The van der Waals surface area contributed by atoms with Crippen molar-refractivity contribution in [2.24, 2.45) is 0 Å². The van der Waals surface area contributed by atoms with Crippen LogP contribution < -0.4 is 9.47 Å². The van der Waals surface area contributed by atoms with Gasteiger partial charge in [0.2, 0.25) is 6.10 Å². The van der Waals surface area contributed by atoms with Gasteiger partial charge in [-0.05, 0) is 38.5 Å². The van der Waals surface area contributed by atoms with E-state index in [4.69, 9.17) is 23.7 Å². The number of H-pyrrole nitrogens is 1. The van der Waals surface area contributed by atoms with Gasteiger partial charge in [0.15, 0.2) is 11.5 Å². The van der Waals surface area contributed by atoms with E-state index < -0.39 is 24.0 Å². The zero-order valence-corrected chi connectivity index (χ0v) is 17.0. The van der Waals surface area contributed by atoms with Gasteiger partial charge in [0.1, 0.15) is 18.9 Å². The Bertz CT molecular complexity index is 948. The lowest BCUT2D eigenvalue weighted by Gasteiger charge is -2.24. The van der Waals surface area contributed by atoms with Crippen LogP contribution in [0.25, 0.3) is 0 Å². The van der Waals surface area contributed by atoms with E-state index in [9.17, 15) is 14.4 Å². The van der Waals surface area contributed by atoms with Crippen molar-refractivity contribution in [1.29, 1.82) is 0 Å². The lowest BCUT2D eigenvalue weighted by Crippen LogP contribution is -2.37. The molecule has 1 N–H and O–H groups in total. The summed E-state index contributed by atoms with van der Waals surface area (Å²) in [6, 6.07) is 6.99. The molecular weight excluding hydrogens is 394 g/mol. The molecule has 0 fully saturated rings. The highest BCUT2D eigenvalue weighted by molar-refractivity contribution is 5.98. The molecule has 0 radical (unpaired) electrons. The summed E-state index contributed by atoms with van der Waals surface area (Å²) in [7, 11) is 0. The first kappa shape index (κ1) is 21.2. The first-order chi connectivity index (χ1) is 14.5. The third kappa shape index (κ3) is 4.40. The average Bonchev–Trinajstić information content (AvgIpc) is 3.08. The second-order valence-electron chi connectivity index (χ2n) is 6.39. The number of hydrogen-bond acceptors (Lipinski definition) is 8. The van der Waals surface area contributed by atoms with Crippen molar-refractivity contribution in [2.45, 2.75) is 33.5 Å². The highest BCUT2D eigenvalue weighted by Gasteiger charge is 2.30. The van der Waals surface area contributed by atoms with Crippen LogP contribution in [0.5, 0.6) is 11.5 Å². The first-order valence-electron chi connectivity index (χ1n) is 9.57. The number of carbonyl (C=O) groups excluding carboxylic acids is 3. The Morgan fingerprint density at radius 1 is 1.03 bits per heavy atom. The molecule has 1 aliphatic rings. The van der Waals surface area contributed by atoms with Crippen LogP contribution in [0, 0.1) is 6.92 Å². The lowest BCUT2D eigenvalue weighted by atomic mass is 10.1. The van der Waals surface area contributed by atoms with Crippen LogP contribution in [0.15, 0.2) is 24.3 Å². The third-order valence-corrected chi connectivity index (χ3v) is 4.42. The Balaban J connectivity index is 1.75. The molecule has 0 amide bonds. The van der Waals surface area contributed by atoms with Crippen molar-refractivity contribution in [1.82, 2.24) is 4.98 Å². The zero-order chi connectivity index (χ0) is 21.7. The predicted octanol–water partition coefficient (Wildman–Crippen LogP) is 2.56. The van der Waals surface area contributed by atoms with E-state index in [0.717, 1.165) is 0 Å². The molecular formula is C21H23NO8. The number of rotatable bonds is 7. The van der Waals surface area contributed by atoms with Crippen LogP contribution in [-0.2, 0) is 25.6 Å². The van der Waals surface area contributed by atoms with E-state index in [-0.39, 0.29) is 43.4 Å². The second kappa shape index (κ2) is 9.34. The smallest absolute Gasteiger partial charge is 0.355 e. The quantitative estimate of drug-likeness (QED) is 0.540. The summed E-state index contributed by atoms with van der Waals surface area (Å²) in [5.41, 5.74) is 0.847. The molecule has 1 atom stereocenters. The summed E-state index contributed by atoms with van der Waals surface area (Å²) in [5, 5.41) is 0. The Morgan fingerprint density at radius 2 is 1.70 bits per heavy atom. The standard InChI is InChI=1S/C21H23NO8/c1-4-26-20(24)17-12(3)18(21(25)27-5-2)22-13(17)10-29-19(23)16-11-28-14-8-6-7-9-15(14)30-16/h6-9,16,22H,4-5,10-11H2,1-3H3/t16-/m1/s1. The van der Waals surface area contributed by atoms with Crippen LogP contribution in [-0.4, -0.2) is 48.8 Å².